The van der Waals surface area contributed by atoms with Crippen LogP contribution in [-0.2, 0) is 0 Å². The largest absolute Gasteiger partial charge is 0.312 e. The average molecular weight is 847 g/mol. The number of aromatic nitrogens is 3. The van der Waals surface area contributed by atoms with Crippen molar-refractivity contribution in [3.8, 4) is 46.4 Å². The summed E-state index contributed by atoms with van der Waals surface area (Å²) >= 11 is 1.81. The van der Waals surface area contributed by atoms with Gasteiger partial charge in [-0.3, -0.25) is 0 Å². The van der Waals surface area contributed by atoms with E-state index in [1.54, 1.807) is 0 Å². The number of hydrogen-bond donors (Lipinski definition) is 0. The smallest absolute Gasteiger partial charge is 0.102 e. The van der Waals surface area contributed by atoms with Crippen molar-refractivity contribution in [1.29, 1.82) is 15.8 Å². The van der Waals surface area contributed by atoms with Crippen LogP contribution >= 0.6 is 11.3 Å². The topological polar surface area (TPSA) is 86.2 Å². The summed E-state index contributed by atoms with van der Waals surface area (Å²) in [5, 5.41) is 40.9. The lowest BCUT2D eigenvalue weighted by molar-refractivity contribution is 0.724. The molecule has 4 heterocycles. The highest BCUT2D eigenvalue weighted by Gasteiger charge is 2.29. The molecule has 0 amide bonds. The monoisotopic (exact) mass is 846 g/mol. The third kappa shape index (κ3) is 5.12. The van der Waals surface area contributed by atoms with Gasteiger partial charge in [0.2, 0.25) is 0 Å². The van der Waals surface area contributed by atoms with E-state index in [0.717, 1.165) is 77.9 Å². The normalized spacial score (nSPS) is 13.6. The third-order valence-electron chi connectivity index (χ3n) is 13.6. The second-order valence-electron chi connectivity index (χ2n) is 17.0. The molecule has 1 aliphatic carbocycles. The molecule has 65 heavy (non-hydrogen) atoms. The minimum absolute atomic E-state index is 0.184. The van der Waals surface area contributed by atoms with Crippen LogP contribution in [-0.4, -0.2) is 13.7 Å². The highest BCUT2D eigenvalue weighted by Crippen LogP contribution is 2.48. The van der Waals surface area contributed by atoms with Gasteiger partial charge in [-0.15, -0.1) is 11.3 Å². The lowest BCUT2D eigenvalue weighted by Gasteiger charge is -2.23. The number of thiophene rings is 1. The van der Waals surface area contributed by atoms with E-state index in [4.69, 9.17) is 0 Å². The molecule has 1 aliphatic rings. The number of allylic oxidation sites excluding steroid dienone is 1. The van der Waals surface area contributed by atoms with Gasteiger partial charge in [-0.25, -0.2) is 0 Å². The minimum Gasteiger partial charge on any atom is -0.312 e. The molecule has 0 fully saturated rings. The fraction of sp³-hybridized carbons (Fsp3) is 0.0517. The zero-order valence-electron chi connectivity index (χ0n) is 35.0. The zero-order chi connectivity index (χ0) is 43.5. The SMILES string of the molecule is CC1CC=Cc2c1n(-c1cc(C#N)ccc1-c1ccc(C#N)c(-n3c4ccccc4c4c3ccc3c5ccccc5n(-c5ccccc5)c34)c1C#N)c1cc3c(cc21)sc1ccccc13. The predicted octanol–water partition coefficient (Wildman–Crippen LogP) is 15.0. The summed E-state index contributed by atoms with van der Waals surface area (Å²) in [5.74, 6) is 0.184. The minimum atomic E-state index is 0.184. The summed E-state index contributed by atoms with van der Waals surface area (Å²) < 4.78 is 9.28. The molecule has 0 spiro atoms. The first kappa shape index (κ1) is 36.9. The molecule has 1 atom stereocenters. The van der Waals surface area contributed by atoms with Gasteiger partial charge < -0.3 is 13.7 Å². The Morgan fingerprint density at radius 2 is 1.28 bits per heavy atom. The van der Waals surface area contributed by atoms with Crippen LogP contribution < -0.4 is 0 Å². The van der Waals surface area contributed by atoms with Gasteiger partial charge >= 0.3 is 0 Å². The van der Waals surface area contributed by atoms with Gasteiger partial charge in [-0.1, -0.05) is 110 Å². The molecule has 0 saturated carbocycles. The van der Waals surface area contributed by atoms with Crippen molar-refractivity contribution in [3.05, 3.63) is 192 Å². The van der Waals surface area contributed by atoms with E-state index in [2.05, 4.69) is 166 Å². The molecule has 0 radical (unpaired) electrons. The van der Waals surface area contributed by atoms with E-state index in [0.29, 0.717) is 27.9 Å². The van der Waals surface area contributed by atoms with Crippen molar-refractivity contribution in [2.24, 2.45) is 0 Å². The summed E-state index contributed by atoms with van der Waals surface area (Å²) in [5.41, 5.74) is 12.5. The third-order valence-corrected chi connectivity index (χ3v) is 14.7. The van der Waals surface area contributed by atoms with Crippen LogP contribution in [0, 0.1) is 34.0 Å². The summed E-state index contributed by atoms with van der Waals surface area (Å²) in [6.07, 6.45) is 5.39. The van der Waals surface area contributed by atoms with Crippen LogP contribution in [0.15, 0.2) is 164 Å². The van der Waals surface area contributed by atoms with Crippen molar-refractivity contribution < 1.29 is 0 Å². The Balaban J connectivity index is 1.14. The van der Waals surface area contributed by atoms with E-state index in [1.165, 1.54) is 31.4 Å². The number of para-hydroxylation sites is 3. The molecule has 12 aromatic rings. The van der Waals surface area contributed by atoms with Gasteiger partial charge in [-0.2, -0.15) is 15.8 Å². The lowest BCUT2D eigenvalue weighted by atomic mass is 9.92. The quantitative estimate of drug-likeness (QED) is 0.177. The number of benzene rings is 8. The van der Waals surface area contributed by atoms with Gasteiger partial charge in [0.05, 0.1) is 61.7 Å². The summed E-state index contributed by atoms with van der Waals surface area (Å²) in [6.45, 7) is 2.26. The summed E-state index contributed by atoms with van der Waals surface area (Å²) in [7, 11) is 0. The van der Waals surface area contributed by atoms with Gasteiger partial charge in [0.15, 0.2) is 0 Å². The average Bonchev–Trinajstić information content (AvgIpc) is 4.09. The molecule has 7 heteroatoms. The number of rotatable bonds is 4. The molecule has 13 rings (SSSR count). The standard InChI is InChI=1S/C58H34N6S/c1-34-12-11-18-42-45-30-54-46(41-16-7-10-21-53(41)65-54)29-52(45)64(56(34)42)51-28-35(31-59)22-24-40(51)38-25-23-36(32-60)57(47(38)33-61)63-49-20-9-6-17-44(49)55-50(63)27-26-43-39-15-5-8-19-48(39)62(58(43)55)37-13-3-2-4-14-37/h2-11,13-30,34H,12H2,1H3. The van der Waals surface area contributed by atoms with Crippen molar-refractivity contribution in [3.63, 3.8) is 0 Å². The van der Waals surface area contributed by atoms with Crippen LogP contribution in [0.25, 0.3) is 109 Å². The van der Waals surface area contributed by atoms with E-state index >= 15 is 0 Å². The Morgan fingerprint density at radius 3 is 2.08 bits per heavy atom. The Bertz CT molecular complexity index is 4210. The first-order valence-corrected chi connectivity index (χ1v) is 22.6. The zero-order valence-corrected chi connectivity index (χ0v) is 35.9. The van der Waals surface area contributed by atoms with E-state index in [-0.39, 0.29) is 5.92 Å². The highest BCUT2D eigenvalue weighted by atomic mass is 32.1. The number of hydrogen-bond acceptors (Lipinski definition) is 4. The first-order valence-electron chi connectivity index (χ1n) is 21.8. The maximum Gasteiger partial charge on any atom is 0.102 e. The fourth-order valence-electron chi connectivity index (χ4n) is 10.8. The molecule has 8 aromatic carbocycles. The summed E-state index contributed by atoms with van der Waals surface area (Å²) in [6, 6.07) is 61.9. The van der Waals surface area contributed by atoms with Crippen molar-refractivity contribution in [2.45, 2.75) is 19.3 Å². The predicted molar refractivity (Wildman–Crippen MR) is 266 cm³/mol. The maximum atomic E-state index is 11.6. The van der Waals surface area contributed by atoms with Gasteiger partial charge in [0, 0.05) is 81.1 Å². The fourth-order valence-corrected chi connectivity index (χ4v) is 12.0. The Kier molecular flexibility index (Phi) is 7.91. The Labute approximate surface area is 377 Å². The van der Waals surface area contributed by atoms with E-state index in [9.17, 15) is 15.8 Å². The van der Waals surface area contributed by atoms with Gasteiger partial charge in [0.1, 0.15) is 12.1 Å². The number of fused-ring (bicyclic) bond motifs is 13. The molecule has 0 aliphatic heterocycles. The van der Waals surface area contributed by atoms with Gasteiger partial charge in [-0.05, 0) is 73.2 Å². The molecule has 302 valence electrons. The molecule has 1 unspecified atom stereocenters. The molecular formula is C58H34N6S. The van der Waals surface area contributed by atoms with Crippen molar-refractivity contribution in [1.82, 2.24) is 13.7 Å². The van der Waals surface area contributed by atoms with Crippen LogP contribution in [0.5, 0.6) is 0 Å². The molecule has 0 N–H and O–H groups in total. The molecule has 4 aromatic heterocycles. The first-order chi connectivity index (χ1) is 32.1. The number of nitriles is 3. The highest BCUT2D eigenvalue weighted by molar-refractivity contribution is 7.25. The van der Waals surface area contributed by atoms with E-state index < -0.39 is 0 Å². The lowest BCUT2D eigenvalue weighted by Crippen LogP contribution is -2.09. The maximum absolute atomic E-state index is 11.6. The van der Waals surface area contributed by atoms with Crippen molar-refractivity contribution >= 4 is 92.1 Å². The Morgan fingerprint density at radius 1 is 0.538 bits per heavy atom. The van der Waals surface area contributed by atoms with Gasteiger partial charge in [0.25, 0.3) is 0 Å². The second kappa shape index (κ2) is 13.9. The van der Waals surface area contributed by atoms with Crippen LogP contribution in [0.1, 0.15) is 47.2 Å². The van der Waals surface area contributed by atoms with Crippen molar-refractivity contribution in [2.75, 3.05) is 0 Å². The molecule has 6 nitrogen and oxygen atoms in total. The van der Waals surface area contributed by atoms with E-state index in [1.807, 2.05) is 53.8 Å². The Hall–Kier alpha value is -8.67. The second-order valence-corrected chi connectivity index (χ2v) is 18.1. The number of nitrogens with zero attached hydrogens (tertiary/aromatic N) is 6. The summed E-state index contributed by atoms with van der Waals surface area (Å²) in [4.78, 5) is 0. The van der Waals surface area contributed by atoms with Crippen LogP contribution in [0.2, 0.25) is 0 Å². The van der Waals surface area contributed by atoms with Crippen LogP contribution in [0.3, 0.4) is 0 Å². The van der Waals surface area contributed by atoms with Crippen LogP contribution in [0.4, 0.5) is 0 Å². The molecule has 0 bridgehead atoms. The molecular weight excluding hydrogens is 813 g/mol. The molecule has 0 saturated heterocycles.